The zero-order valence-corrected chi connectivity index (χ0v) is 9.74. The molecule has 2 rings (SSSR count). The minimum absolute atomic E-state index is 0.684. The fourth-order valence-electron chi connectivity index (χ4n) is 2.52. The Hall–Kier alpha value is 0.189. The Kier molecular flexibility index (Phi) is 2.31. The molecular weight excluding hydrogens is 213 g/mol. The van der Waals surface area contributed by atoms with E-state index in [2.05, 4.69) is 30.9 Å². The van der Waals surface area contributed by atoms with E-state index in [1.54, 1.807) is 0 Å². The normalized spacial score (nSPS) is 52.4. The summed E-state index contributed by atoms with van der Waals surface area (Å²) in [5, 5.41) is 2.22. The maximum absolute atomic E-state index is 4.64. The van der Waals surface area contributed by atoms with Crippen molar-refractivity contribution in [2.24, 2.45) is 22.7 Å². The Morgan fingerprint density at radius 3 is 2.75 bits per heavy atom. The van der Waals surface area contributed by atoms with Crippen molar-refractivity contribution in [3.05, 3.63) is 0 Å². The van der Waals surface area contributed by atoms with Gasteiger partial charge in [-0.2, -0.15) is 0 Å². The summed E-state index contributed by atoms with van der Waals surface area (Å²) in [6, 6.07) is 0.684. The van der Waals surface area contributed by atoms with Gasteiger partial charge in [0.1, 0.15) is 0 Å². The van der Waals surface area contributed by atoms with Crippen LogP contribution in [-0.4, -0.2) is 26.1 Å². The van der Waals surface area contributed by atoms with E-state index in [-0.39, 0.29) is 0 Å². The van der Waals surface area contributed by atoms with Crippen LogP contribution in [0.5, 0.6) is 0 Å². The Morgan fingerprint density at radius 1 is 1.25 bits per heavy atom. The quantitative estimate of drug-likeness (QED) is 0.566. The molecule has 2 aliphatic rings. The topological polar surface area (TPSA) is 12.4 Å². The van der Waals surface area contributed by atoms with Crippen molar-refractivity contribution in [2.75, 3.05) is 0 Å². The first kappa shape index (κ1) is 8.77. The molecule has 12 heavy (non-hydrogen) atoms. The van der Waals surface area contributed by atoms with Gasteiger partial charge in [0.05, 0.1) is 0 Å². The molecule has 0 aromatic rings. The average Bonchev–Trinajstić information content (AvgIpc) is 2.48. The summed E-state index contributed by atoms with van der Waals surface area (Å²) in [6.07, 6.45) is 1.42. The molecule has 1 aliphatic heterocycles. The van der Waals surface area contributed by atoms with Crippen molar-refractivity contribution in [3.63, 3.8) is 0 Å². The summed E-state index contributed by atoms with van der Waals surface area (Å²) in [5.74, 6) is 2.63. The van der Waals surface area contributed by atoms with Gasteiger partial charge in [-0.3, -0.25) is 0 Å². The predicted octanol–water partition coefficient (Wildman–Crippen LogP) is 2.20. The van der Waals surface area contributed by atoms with Gasteiger partial charge in [-0.15, -0.1) is 0 Å². The van der Waals surface area contributed by atoms with Crippen LogP contribution in [0.2, 0.25) is 4.82 Å². The monoisotopic (exact) mass is 231 g/mol. The van der Waals surface area contributed by atoms with E-state index in [0.29, 0.717) is 21.0 Å². The van der Waals surface area contributed by atoms with Gasteiger partial charge in [-0.05, 0) is 0 Å². The summed E-state index contributed by atoms with van der Waals surface area (Å²) in [7, 11) is 0. The molecule has 0 bridgehead atoms. The van der Waals surface area contributed by atoms with Crippen LogP contribution >= 0.6 is 0 Å². The van der Waals surface area contributed by atoms with Gasteiger partial charge >= 0.3 is 80.9 Å². The first-order chi connectivity index (χ1) is 5.70. The van der Waals surface area contributed by atoms with Gasteiger partial charge in [0.15, 0.2) is 0 Å². The SMILES string of the molecule is CC1CC(C)C2[Se]C=NC2C1C. The molecule has 0 spiro atoms. The number of hydrogen-bond acceptors (Lipinski definition) is 1. The summed E-state index contributed by atoms with van der Waals surface area (Å²) in [5.41, 5.74) is 0. The molecule has 0 radical (unpaired) electrons. The van der Waals surface area contributed by atoms with Crippen molar-refractivity contribution >= 4 is 20.1 Å². The van der Waals surface area contributed by atoms with Gasteiger partial charge in [-0.25, -0.2) is 0 Å². The van der Waals surface area contributed by atoms with E-state index >= 15 is 0 Å². The fraction of sp³-hybridized carbons (Fsp3) is 0.900. The van der Waals surface area contributed by atoms with Crippen LogP contribution in [-0.2, 0) is 0 Å². The van der Waals surface area contributed by atoms with Gasteiger partial charge in [-0.1, -0.05) is 0 Å². The Bertz CT molecular complexity index is 202. The molecule has 5 atom stereocenters. The fourth-order valence-corrected chi connectivity index (χ4v) is 5.06. The summed E-state index contributed by atoms with van der Waals surface area (Å²) >= 11 is 0.707. The standard InChI is InChI=1S/C10H17NSe/c1-6-4-7(2)10-9(8(6)3)11-5-12-10/h5-10H,4H2,1-3H3. The molecule has 0 aromatic carbocycles. The van der Waals surface area contributed by atoms with Crippen LogP contribution < -0.4 is 0 Å². The zero-order chi connectivity index (χ0) is 8.72. The third-order valence-electron chi connectivity index (χ3n) is 3.53. The molecular formula is C10H17NSe. The second-order valence-corrected chi connectivity index (χ2v) is 6.55. The predicted molar refractivity (Wildman–Crippen MR) is 53.9 cm³/mol. The van der Waals surface area contributed by atoms with Crippen LogP contribution in [0.4, 0.5) is 0 Å². The molecule has 2 heteroatoms. The van der Waals surface area contributed by atoms with Crippen molar-refractivity contribution in [1.29, 1.82) is 0 Å². The second-order valence-electron chi connectivity index (χ2n) is 4.40. The molecule has 1 fully saturated rings. The van der Waals surface area contributed by atoms with Crippen LogP contribution in [0.25, 0.3) is 0 Å². The average molecular weight is 230 g/mol. The molecule has 68 valence electrons. The first-order valence-corrected chi connectivity index (χ1v) is 6.85. The zero-order valence-electron chi connectivity index (χ0n) is 8.03. The van der Waals surface area contributed by atoms with Crippen molar-refractivity contribution in [3.8, 4) is 0 Å². The third-order valence-corrected chi connectivity index (χ3v) is 6.26. The molecule has 1 saturated carbocycles. The van der Waals surface area contributed by atoms with E-state index in [1.807, 2.05) is 0 Å². The Balaban J connectivity index is 2.16. The number of rotatable bonds is 0. The molecule has 1 aliphatic carbocycles. The van der Waals surface area contributed by atoms with Crippen molar-refractivity contribution in [2.45, 2.75) is 38.1 Å². The third kappa shape index (κ3) is 1.25. The summed E-state index contributed by atoms with van der Waals surface area (Å²) in [6.45, 7) is 7.18. The Morgan fingerprint density at radius 2 is 2.00 bits per heavy atom. The van der Waals surface area contributed by atoms with Crippen LogP contribution in [0.15, 0.2) is 4.99 Å². The molecule has 0 amide bonds. The molecule has 5 unspecified atom stereocenters. The van der Waals surface area contributed by atoms with Gasteiger partial charge in [0, 0.05) is 0 Å². The number of hydrogen-bond donors (Lipinski definition) is 0. The van der Waals surface area contributed by atoms with E-state index in [0.717, 1.165) is 22.6 Å². The maximum atomic E-state index is 4.64. The van der Waals surface area contributed by atoms with Gasteiger partial charge in [0.25, 0.3) is 0 Å². The first-order valence-electron chi connectivity index (χ1n) is 4.87. The molecule has 1 nitrogen and oxygen atoms in total. The van der Waals surface area contributed by atoms with Crippen LogP contribution in [0.3, 0.4) is 0 Å². The van der Waals surface area contributed by atoms with Crippen LogP contribution in [0, 0.1) is 17.8 Å². The van der Waals surface area contributed by atoms with Gasteiger partial charge in [0.2, 0.25) is 0 Å². The molecule has 1 heterocycles. The minimum atomic E-state index is 0.684. The summed E-state index contributed by atoms with van der Waals surface area (Å²) < 4.78 is 0. The van der Waals surface area contributed by atoms with Gasteiger partial charge < -0.3 is 0 Å². The van der Waals surface area contributed by atoms with Crippen molar-refractivity contribution in [1.82, 2.24) is 0 Å². The van der Waals surface area contributed by atoms with Crippen molar-refractivity contribution < 1.29 is 0 Å². The molecule has 0 saturated heterocycles. The number of fused-ring (bicyclic) bond motifs is 1. The number of aliphatic imine (C=N–C) groups is 1. The van der Waals surface area contributed by atoms with E-state index < -0.39 is 0 Å². The Labute approximate surface area is 81.2 Å². The number of nitrogens with zero attached hydrogens (tertiary/aromatic N) is 1. The van der Waals surface area contributed by atoms with Crippen LogP contribution in [0.1, 0.15) is 27.2 Å². The molecule has 0 aromatic heterocycles. The van der Waals surface area contributed by atoms with E-state index in [9.17, 15) is 0 Å². The van der Waals surface area contributed by atoms with E-state index in [4.69, 9.17) is 0 Å². The van der Waals surface area contributed by atoms with E-state index in [1.165, 1.54) is 6.42 Å². The summed E-state index contributed by atoms with van der Waals surface area (Å²) in [4.78, 5) is 5.58. The molecule has 0 N–H and O–H groups in total. The second kappa shape index (κ2) is 3.15.